The fraction of sp³-hybridized carbons (Fsp3) is 0.333. The highest BCUT2D eigenvalue weighted by atomic mass is 35.5. The molecule has 2 amide bonds. The predicted molar refractivity (Wildman–Crippen MR) is 100 cm³/mol. The molecule has 0 spiro atoms. The largest absolute Gasteiger partial charge is 0.484 e. The Labute approximate surface area is 161 Å². The minimum absolute atomic E-state index is 0.187. The van der Waals surface area contributed by atoms with Crippen molar-refractivity contribution in [2.75, 3.05) is 19.7 Å². The number of hydrogen-bond acceptors (Lipinski definition) is 4. The highest BCUT2D eigenvalue weighted by molar-refractivity contribution is 7.10. The second-order valence-electron chi connectivity index (χ2n) is 6.19. The van der Waals surface area contributed by atoms with Crippen LogP contribution in [0.3, 0.4) is 0 Å². The summed E-state index contributed by atoms with van der Waals surface area (Å²) >= 11 is 7.56. The number of halogens is 1. The third-order valence-electron chi connectivity index (χ3n) is 4.44. The number of thiophene rings is 1. The Hall–Kier alpha value is -2.09. The van der Waals surface area contributed by atoms with E-state index in [1.165, 1.54) is 15.3 Å². The summed E-state index contributed by atoms with van der Waals surface area (Å²) in [4.78, 5) is 26.5. The fourth-order valence-electron chi connectivity index (χ4n) is 3.00. The van der Waals surface area contributed by atoms with Crippen LogP contribution in [0.5, 0.6) is 5.75 Å². The molecule has 1 aliphatic rings. The molecule has 3 rings (SSSR count). The molecule has 3 N–H and O–H groups in total. The Morgan fingerprint density at radius 1 is 1.23 bits per heavy atom. The van der Waals surface area contributed by atoms with E-state index in [1.807, 2.05) is 0 Å². The molecule has 8 heteroatoms. The van der Waals surface area contributed by atoms with E-state index in [0.29, 0.717) is 17.3 Å². The summed E-state index contributed by atoms with van der Waals surface area (Å²) in [5, 5.41) is 2.70. The molecule has 0 radical (unpaired) electrons. The van der Waals surface area contributed by atoms with Crippen LogP contribution in [-0.4, -0.2) is 31.5 Å². The van der Waals surface area contributed by atoms with Crippen LogP contribution in [0.2, 0.25) is 5.02 Å². The number of hydrazine groups is 1. The fourth-order valence-corrected chi connectivity index (χ4v) is 4.10. The maximum absolute atomic E-state index is 12.1. The Morgan fingerprint density at radius 3 is 2.73 bits per heavy atom. The predicted octanol–water partition coefficient (Wildman–Crippen LogP) is 1.13. The molecule has 0 saturated heterocycles. The number of carbonyl (C=O) groups excluding carboxylic acids is 2. The van der Waals surface area contributed by atoms with Crippen LogP contribution in [-0.2, 0) is 16.0 Å². The monoisotopic (exact) mass is 394 g/mol. The highest BCUT2D eigenvalue weighted by Gasteiger charge is 2.29. The van der Waals surface area contributed by atoms with Crippen molar-refractivity contribution in [2.45, 2.75) is 19.4 Å². The van der Waals surface area contributed by atoms with Gasteiger partial charge in [0.2, 0.25) is 0 Å². The lowest BCUT2D eigenvalue weighted by Crippen LogP contribution is -3.14. The van der Waals surface area contributed by atoms with Gasteiger partial charge in [0.1, 0.15) is 11.8 Å². The van der Waals surface area contributed by atoms with E-state index in [2.05, 4.69) is 29.2 Å². The van der Waals surface area contributed by atoms with Crippen molar-refractivity contribution in [2.24, 2.45) is 0 Å². The normalized spacial score (nSPS) is 18.7. The summed E-state index contributed by atoms with van der Waals surface area (Å²) < 4.78 is 5.33. The van der Waals surface area contributed by atoms with E-state index in [4.69, 9.17) is 16.3 Å². The van der Waals surface area contributed by atoms with Gasteiger partial charge < -0.3 is 9.64 Å². The molecule has 6 nitrogen and oxygen atoms in total. The summed E-state index contributed by atoms with van der Waals surface area (Å²) in [5.74, 6) is -0.102. The van der Waals surface area contributed by atoms with Crippen LogP contribution < -0.4 is 20.5 Å². The first kappa shape index (κ1) is 18.7. The van der Waals surface area contributed by atoms with Crippen molar-refractivity contribution in [1.29, 1.82) is 0 Å². The van der Waals surface area contributed by atoms with Gasteiger partial charge in [-0.25, -0.2) is 0 Å². The van der Waals surface area contributed by atoms with Crippen molar-refractivity contribution in [3.63, 3.8) is 0 Å². The maximum atomic E-state index is 12.1. The van der Waals surface area contributed by atoms with Crippen LogP contribution >= 0.6 is 22.9 Å². The molecule has 2 atom stereocenters. The Balaban J connectivity index is 1.40. The van der Waals surface area contributed by atoms with E-state index >= 15 is 0 Å². The van der Waals surface area contributed by atoms with Crippen molar-refractivity contribution in [3.05, 3.63) is 51.2 Å². The Morgan fingerprint density at radius 2 is 1.96 bits per heavy atom. The van der Waals surface area contributed by atoms with E-state index < -0.39 is 5.91 Å². The van der Waals surface area contributed by atoms with Crippen LogP contribution in [0.1, 0.15) is 23.4 Å². The van der Waals surface area contributed by atoms with Gasteiger partial charge in [-0.15, -0.1) is 11.3 Å². The first-order valence-electron chi connectivity index (χ1n) is 8.40. The molecule has 0 bridgehead atoms. The molecular formula is C18H21ClN3O3S+. The number of rotatable bonds is 5. The van der Waals surface area contributed by atoms with Gasteiger partial charge in [0.25, 0.3) is 11.8 Å². The lowest BCUT2D eigenvalue weighted by molar-refractivity contribution is -0.924. The van der Waals surface area contributed by atoms with Gasteiger partial charge >= 0.3 is 0 Å². The number of carbonyl (C=O) groups is 2. The molecule has 1 unspecified atom stereocenters. The number of hydrogen-bond donors (Lipinski definition) is 3. The molecule has 138 valence electrons. The highest BCUT2D eigenvalue weighted by Crippen LogP contribution is 2.24. The van der Waals surface area contributed by atoms with E-state index in [-0.39, 0.29) is 18.6 Å². The molecule has 1 aliphatic heterocycles. The van der Waals surface area contributed by atoms with Gasteiger partial charge in [0.15, 0.2) is 13.2 Å². The minimum atomic E-state index is -0.421. The summed E-state index contributed by atoms with van der Waals surface area (Å²) in [5.41, 5.74) is 6.16. The molecule has 0 aliphatic carbocycles. The van der Waals surface area contributed by atoms with Crippen molar-refractivity contribution >= 4 is 34.8 Å². The molecule has 1 aromatic carbocycles. The summed E-state index contributed by atoms with van der Waals surface area (Å²) in [6.07, 6.45) is 0.987. The average molecular weight is 395 g/mol. The van der Waals surface area contributed by atoms with E-state index in [0.717, 1.165) is 13.0 Å². The lowest BCUT2D eigenvalue weighted by Gasteiger charge is -2.29. The first-order chi connectivity index (χ1) is 12.5. The average Bonchev–Trinajstić information content (AvgIpc) is 3.11. The number of amides is 2. The van der Waals surface area contributed by atoms with E-state index in [9.17, 15) is 9.59 Å². The Bertz CT molecular complexity index is 778. The van der Waals surface area contributed by atoms with Gasteiger partial charge in [-0.1, -0.05) is 11.6 Å². The van der Waals surface area contributed by atoms with Gasteiger partial charge in [-0.05, 0) is 42.6 Å². The number of nitrogens with one attached hydrogen (secondary N) is 3. The van der Waals surface area contributed by atoms with Crippen molar-refractivity contribution < 1.29 is 19.2 Å². The van der Waals surface area contributed by atoms with Crippen LogP contribution in [0.15, 0.2) is 35.7 Å². The first-order valence-corrected chi connectivity index (χ1v) is 9.65. The quantitative estimate of drug-likeness (QED) is 0.666. The standard InChI is InChI=1S/C18H20ClN3O3S/c1-12-15-7-9-26-16(15)6-8-22(12)10-17(23)20-21-18(24)11-25-14-4-2-13(19)3-5-14/h2-5,7,9,12H,6,8,10-11H2,1H3,(H,20,23)(H,21,24)/p+1/t12-/m1/s1. The number of benzene rings is 1. The number of ether oxygens (including phenoxy) is 1. The van der Waals surface area contributed by atoms with Gasteiger partial charge in [-0.2, -0.15) is 0 Å². The molecule has 2 aromatic rings. The summed E-state index contributed by atoms with van der Waals surface area (Å²) in [6, 6.07) is 9.12. The van der Waals surface area contributed by atoms with Gasteiger partial charge in [-0.3, -0.25) is 20.4 Å². The van der Waals surface area contributed by atoms with Gasteiger partial charge in [0, 0.05) is 21.9 Å². The second kappa shape index (κ2) is 8.53. The van der Waals surface area contributed by atoms with Crippen LogP contribution in [0.4, 0.5) is 0 Å². The molecule has 0 fully saturated rings. The zero-order chi connectivity index (χ0) is 18.5. The van der Waals surface area contributed by atoms with Crippen molar-refractivity contribution in [1.82, 2.24) is 10.9 Å². The topological polar surface area (TPSA) is 71.9 Å². The zero-order valence-corrected chi connectivity index (χ0v) is 16.0. The number of fused-ring (bicyclic) bond motifs is 1. The lowest BCUT2D eigenvalue weighted by atomic mass is 10.0. The van der Waals surface area contributed by atoms with Crippen molar-refractivity contribution in [3.8, 4) is 5.75 Å². The smallest absolute Gasteiger partial charge is 0.293 e. The molecule has 0 saturated carbocycles. The second-order valence-corrected chi connectivity index (χ2v) is 7.63. The summed E-state index contributed by atoms with van der Waals surface area (Å²) in [7, 11) is 0. The van der Waals surface area contributed by atoms with Gasteiger partial charge in [0.05, 0.1) is 6.54 Å². The zero-order valence-electron chi connectivity index (χ0n) is 14.4. The van der Waals surface area contributed by atoms with Crippen LogP contribution in [0.25, 0.3) is 0 Å². The summed E-state index contributed by atoms with van der Waals surface area (Å²) in [6.45, 7) is 3.17. The molecular weight excluding hydrogens is 374 g/mol. The minimum Gasteiger partial charge on any atom is -0.484 e. The van der Waals surface area contributed by atoms with Crippen LogP contribution in [0, 0.1) is 0 Å². The third kappa shape index (κ3) is 4.75. The molecule has 1 aromatic heterocycles. The molecule has 2 heterocycles. The number of quaternary nitrogens is 1. The Kier molecular flexibility index (Phi) is 6.13. The molecule has 26 heavy (non-hydrogen) atoms. The maximum Gasteiger partial charge on any atom is 0.293 e. The van der Waals surface area contributed by atoms with E-state index in [1.54, 1.807) is 35.6 Å². The third-order valence-corrected chi connectivity index (χ3v) is 5.69. The SMILES string of the molecule is C[C@@H]1c2ccsc2CC[NH+]1CC(=O)NNC(=O)COc1ccc(Cl)cc1.